The van der Waals surface area contributed by atoms with Gasteiger partial charge in [-0.25, -0.2) is 12.8 Å². The predicted octanol–water partition coefficient (Wildman–Crippen LogP) is 3.49. The van der Waals surface area contributed by atoms with Gasteiger partial charge < -0.3 is 0 Å². The summed E-state index contributed by atoms with van der Waals surface area (Å²) >= 11 is 0. The summed E-state index contributed by atoms with van der Waals surface area (Å²) in [4.78, 5) is 0. The smallest absolute Gasteiger partial charge is 0.212 e. The third kappa shape index (κ3) is 3.20. The second-order valence-electron chi connectivity index (χ2n) is 5.56. The van der Waals surface area contributed by atoms with Crippen molar-refractivity contribution in [2.24, 2.45) is 0 Å². The fraction of sp³-hybridized carbons (Fsp3) is 0.294. The molecule has 0 amide bonds. The Kier molecular flexibility index (Phi) is 4.27. The third-order valence-corrected chi connectivity index (χ3v) is 5.86. The molecule has 0 N–H and O–H groups in total. The molecule has 2 aromatic carbocycles. The lowest BCUT2D eigenvalue weighted by Gasteiger charge is -2.24. The number of nitrogens with zero attached hydrogens (tertiary/aromatic N) is 1. The van der Waals surface area contributed by atoms with E-state index in [9.17, 15) is 12.8 Å². The van der Waals surface area contributed by atoms with Gasteiger partial charge in [-0.2, -0.15) is 4.31 Å². The Balaban J connectivity index is 1.84. The van der Waals surface area contributed by atoms with E-state index in [1.807, 2.05) is 30.3 Å². The van der Waals surface area contributed by atoms with E-state index >= 15 is 0 Å². The van der Waals surface area contributed by atoms with Gasteiger partial charge in [0.15, 0.2) is 0 Å². The molecule has 3 nitrogen and oxygen atoms in total. The van der Waals surface area contributed by atoms with Crippen LogP contribution in [0, 0.1) is 5.82 Å². The van der Waals surface area contributed by atoms with Gasteiger partial charge in [0.2, 0.25) is 10.0 Å². The SMILES string of the molecule is O=S(=O)(Cc1ccccc1)N1CCC[C@@H]1c1ccc(F)cc1. The van der Waals surface area contributed by atoms with Crippen molar-refractivity contribution in [3.05, 3.63) is 71.5 Å². The minimum absolute atomic E-state index is 0.00549. The molecule has 2 aromatic rings. The molecule has 1 saturated heterocycles. The Morgan fingerprint density at radius 1 is 1.05 bits per heavy atom. The molecular weight excluding hydrogens is 301 g/mol. The van der Waals surface area contributed by atoms with Crippen LogP contribution in [0.3, 0.4) is 0 Å². The summed E-state index contributed by atoms with van der Waals surface area (Å²) in [5.41, 5.74) is 1.64. The molecule has 0 saturated carbocycles. The van der Waals surface area contributed by atoms with E-state index in [-0.39, 0.29) is 17.6 Å². The lowest BCUT2D eigenvalue weighted by atomic mass is 10.1. The zero-order chi connectivity index (χ0) is 15.6. The number of halogens is 1. The highest BCUT2D eigenvalue weighted by Gasteiger charge is 2.34. The highest BCUT2D eigenvalue weighted by Crippen LogP contribution is 2.35. The zero-order valence-corrected chi connectivity index (χ0v) is 13.0. The van der Waals surface area contributed by atoms with Crippen molar-refractivity contribution in [2.75, 3.05) is 6.54 Å². The summed E-state index contributed by atoms with van der Waals surface area (Å²) in [6.07, 6.45) is 1.61. The highest BCUT2D eigenvalue weighted by molar-refractivity contribution is 7.88. The van der Waals surface area contributed by atoms with Crippen molar-refractivity contribution in [2.45, 2.75) is 24.6 Å². The monoisotopic (exact) mass is 319 g/mol. The van der Waals surface area contributed by atoms with Crippen molar-refractivity contribution < 1.29 is 12.8 Å². The molecule has 0 aromatic heterocycles. The van der Waals surface area contributed by atoms with Crippen LogP contribution in [0.15, 0.2) is 54.6 Å². The first kappa shape index (κ1) is 15.2. The molecule has 22 heavy (non-hydrogen) atoms. The van der Waals surface area contributed by atoms with E-state index in [1.165, 1.54) is 12.1 Å². The molecule has 1 fully saturated rings. The number of sulfonamides is 1. The first-order valence-corrected chi connectivity index (χ1v) is 8.96. The van der Waals surface area contributed by atoms with Crippen LogP contribution in [0.2, 0.25) is 0 Å². The molecule has 1 heterocycles. The molecule has 1 aliphatic heterocycles. The first-order valence-electron chi connectivity index (χ1n) is 7.35. The summed E-state index contributed by atoms with van der Waals surface area (Å²) in [5.74, 6) is -0.300. The fourth-order valence-electron chi connectivity index (χ4n) is 2.96. The Morgan fingerprint density at radius 3 is 2.41 bits per heavy atom. The predicted molar refractivity (Wildman–Crippen MR) is 84.1 cm³/mol. The summed E-state index contributed by atoms with van der Waals surface area (Å²) in [6.45, 7) is 0.525. The maximum absolute atomic E-state index is 13.1. The van der Waals surface area contributed by atoms with Crippen molar-refractivity contribution in [3.8, 4) is 0 Å². The molecule has 1 aliphatic rings. The van der Waals surface area contributed by atoms with Gasteiger partial charge in [0, 0.05) is 12.6 Å². The molecule has 0 aliphatic carbocycles. The Hall–Kier alpha value is -1.72. The van der Waals surface area contributed by atoms with Crippen LogP contribution in [-0.2, 0) is 15.8 Å². The van der Waals surface area contributed by atoms with E-state index in [0.29, 0.717) is 6.54 Å². The maximum atomic E-state index is 13.1. The highest BCUT2D eigenvalue weighted by atomic mass is 32.2. The molecule has 0 radical (unpaired) electrons. The van der Waals surface area contributed by atoms with Crippen LogP contribution >= 0.6 is 0 Å². The van der Waals surface area contributed by atoms with Crippen LogP contribution in [-0.4, -0.2) is 19.3 Å². The van der Waals surface area contributed by atoms with Crippen LogP contribution in [0.1, 0.15) is 30.0 Å². The minimum atomic E-state index is -3.38. The fourth-order valence-corrected chi connectivity index (χ4v) is 4.76. The van der Waals surface area contributed by atoms with Crippen molar-refractivity contribution in [3.63, 3.8) is 0 Å². The van der Waals surface area contributed by atoms with Crippen LogP contribution < -0.4 is 0 Å². The van der Waals surface area contributed by atoms with E-state index < -0.39 is 10.0 Å². The second-order valence-corrected chi connectivity index (χ2v) is 7.48. The van der Waals surface area contributed by atoms with E-state index in [1.54, 1.807) is 16.4 Å². The Bertz CT molecular complexity index is 729. The lowest BCUT2D eigenvalue weighted by molar-refractivity contribution is 0.396. The summed E-state index contributed by atoms with van der Waals surface area (Å²) in [7, 11) is -3.38. The van der Waals surface area contributed by atoms with Gasteiger partial charge in [-0.3, -0.25) is 0 Å². The Labute approximate surface area is 130 Å². The molecule has 1 atom stereocenters. The van der Waals surface area contributed by atoms with Crippen LogP contribution in [0.4, 0.5) is 4.39 Å². The van der Waals surface area contributed by atoms with Crippen molar-refractivity contribution in [1.29, 1.82) is 0 Å². The quantitative estimate of drug-likeness (QED) is 0.865. The first-order chi connectivity index (χ1) is 10.6. The average molecular weight is 319 g/mol. The average Bonchev–Trinajstić information content (AvgIpc) is 2.99. The second kappa shape index (κ2) is 6.18. The standard InChI is InChI=1S/C17H18FNO2S/c18-16-10-8-15(9-11-16)17-7-4-12-19(17)22(20,21)13-14-5-2-1-3-6-14/h1-3,5-6,8-11,17H,4,7,12-13H2/t17-/m1/s1. The lowest BCUT2D eigenvalue weighted by Crippen LogP contribution is -2.31. The molecular formula is C17H18FNO2S. The molecule has 116 valence electrons. The van der Waals surface area contributed by atoms with Gasteiger partial charge in [-0.05, 0) is 36.1 Å². The van der Waals surface area contributed by atoms with Gasteiger partial charge in [0.25, 0.3) is 0 Å². The zero-order valence-electron chi connectivity index (χ0n) is 12.2. The number of hydrogen-bond acceptors (Lipinski definition) is 2. The van der Waals surface area contributed by atoms with E-state index in [4.69, 9.17) is 0 Å². The van der Waals surface area contributed by atoms with Gasteiger partial charge in [0.1, 0.15) is 5.82 Å². The molecule has 0 bridgehead atoms. The van der Waals surface area contributed by atoms with Gasteiger partial charge >= 0.3 is 0 Å². The third-order valence-electron chi connectivity index (χ3n) is 4.01. The maximum Gasteiger partial charge on any atom is 0.218 e. The minimum Gasteiger partial charge on any atom is -0.212 e. The summed E-state index contributed by atoms with van der Waals surface area (Å²) < 4.78 is 40.0. The van der Waals surface area contributed by atoms with Crippen molar-refractivity contribution >= 4 is 10.0 Å². The number of rotatable bonds is 4. The Morgan fingerprint density at radius 2 is 1.73 bits per heavy atom. The molecule has 5 heteroatoms. The van der Waals surface area contributed by atoms with Crippen molar-refractivity contribution in [1.82, 2.24) is 4.31 Å². The number of hydrogen-bond donors (Lipinski definition) is 0. The summed E-state index contributed by atoms with van der Waals surface area (Å²) in [5, 5.41) is 0. The van der Waals surface area contributed by atoms with E-state index in [2.05, 4.69) is 0 Å². The van der Waals surface area contributed by atoms with Gasteiger partial charge in [0.05, 0.1) is 5.75 Å². The molecule has 0 spiro atoms. The summed E-state index contributed by atoms with van der Waals surface area (Å²) in [6, 6.07) is 15.1. The van der Waals surface area contributed by atoms with E-state index in [0.717, 1.165) is 24.0 Å². The van der Waals surface area contributed by atoms with Crippen LogP contribution in [0.5, 0.6) is 0 Å². The van der Waals surface area contributed by atoms with Gasteiger partial charge in [-0.15, -0.1) is 0 Å². The normalized spacial score (nSPS) is 19.4. The molecule has 3 rings (SSSR count). The topological polar surface area (TPSA) is 37.4 Å². The number of benzene rings is 2. The van der Waals surface area contributed by atoms with Crippen LogP contribution in [0.25, 0.3) is 0 Å². The van der Waals surface area contributed by atoms with Gasteiger partial charge in [-0.1, -0.05) is 42.5 Å². The largest absolute Gasteiger partial charge is 0.218 e. The molecule has 0 unspecified atom stereocenters.